The van der Waals surface area contributed by atoms with Crippen LogP contribution in [0.1, 0.15) is 13.3 Å². The summed E-state index contributed by atoms with van der Waals surface area (Å²) in [6.45, 7) is 4.19. The summed E-state index contributed by atoms with van der Waals surface area (Å²) in [4.78, 5) is 25.6. The van der Waals surface area contributed by atoms with E-state index in [1.165, 1.54) is 0 Å². The second-order valence-corrected chi connectivity index (χ2v) is 3.77. The molecule has 5 heteroatoms. The molecule has 1 aliphatic heterocycles. The number of hydrogen-bond acceptors (Lipinski definition) is 3. The highest BCUT2D eigenvalue weighted by Crippen LogP contribution is 2.09. The van der Waals surface area contributed by atoms with Crippen molar-refractivity contribution >= 4 is 11.9 Å². The van der Waals surface area contributed by atoms with E-state index in [1.807, 2.05) is 14.0 Å². The molecule has 1 saturated heterocycles. The molecule has 0 bridgehead atoms. The van der Waals surface area contributed by atoms with E-state index in [-0.39, 0.29) is 11.9 Å². The van der Waals surface area contributed by atoms with E-state index in [1.54, 1.807) is 4.90 Å². The van der Waals surface area contributed by atoms with Gasteiger partial charge in [0.05, 0.1) is 0 Å². The molecule has 80 valence electrons. The van der Waals surface area contributed by atoms with Gasteiger partial charge in [-0.05, 0) is 14.0 Å². The summed E-state index contributed by atoms with van der Waals surface area (Å²) in [6, 6.07) is 0.112. The van der Waals surface area contributed by atoms with Gasteiger partial charge in [0.2, 0.25) is 5.91 Å². The van der Waals surface area contributed by atoms with Gasteiger partial charge in [-0.25, -0.2) is 0 Å². The average Bonchev–Trinajstić information content (AvgIpc) is 2.01. The fourth-order valence-electron chi connectivity index (χ4n) is 1.74. The zero-order chi connectivity index (χ0) is 10.7. The first kappa shape index (κ1) is 11.0. The van der Waals surface area contributed by atoms with Gasteiger partial charge in [0.15, 0.2) is 0 Å². The predicted molar refractivity (Wildman–Crippen MR) is 50.9 cm³/mol. The molecule has 1 N–H and O–H groups in total. The molecule has 0 aromatic carbocycles. The summed E-state index contributed by atoms with van der Waals surface area (Å²) in [5.74, 6) is -1.33. The third-order valence-corrected chi connectivity index (χ3v) is 2.45. The number of rotatable bonds is 2. The number of carbonyl (C=O) groups excluding carboxylic acids is 1. The molecule has 1 atom stereocenters. The first-order chi connectivity index (χ1) is 6.50. The number of likely N-dealkylation sites (N-methyl/N-ethyl adjacent to an activating group) is 1. The fraction of sp³-hybridized carbons (Fsp3) is 0.778. The summed E-state index contributed by atoms with van der Waals surface area (Å²) in [5, 5.41) is 8.49. The Kier molecular flexibility index (Phi) is 3.46. The lowest BCUT2D eigenvalue weighted by Crippen LogP contribution is -2.53. The van der Waals surface area contributed by atoms with E-state index in [4.69, 9.17) is 5.11 Å². The second-order valence-electron chi connectivity index (χ2n) is 3.77. The summed E-state index contributed by atoms with van der Waals surface area (Å²) in [7, 11) is 2.00. The van der Waals surface area contributed by atoms with Crippen molar-refractivity contribution in [3.05, 3.63) is 0 Å². The molecule has 1 fully saturated rings. The molecule has 0 aromatic rings. The van der Waals surface area contributed by atoms with Crippen LogP contribution < -0.4 is 0 Å². The van der Waals surface area contributed by atoms with Crippen molar-refractivity contribution in [2.24, 2.45) is 0 Å². The molecule has 1 unspecified atom stereocenters. The van der Waals surface area contributed by atoms with Gasteiger partial charge >= 0.3 is 5.97 Å². The van der Waals surface area contributed by atoms with Crippen LogP contribution in [0.2, 0.25) is 0 Å². The van der Waals surface area contributed by atoms with E-state index in [0.29, 0.717) is 6.54 Å². The van der Waals surface area contributed by atoms with E-state index < -0.39 is 12.4 Å². The van der Waals surface area contributed by atoms with Crippen molar-refractivity contribution in [2.45, 2.75) is 19.4 Å². The van der Waals surface area contributed by atoms with E-state index in [2.05, 4.69) is 4.90 Å². The summed E-state index contributed by atoms with van der Waals surface area (Å²) < 4.78 is 0. The van der Waals surface area contributed by atoms with Crippen LogP contribution in [0.25, 0.3) is 0 Å². The highest BCUT2D eigenvalue weighted by atomic mass is 16.4. The lowest BCUT2D eigenvalue weighted by atomic mass is 10.2. The molecule has 1 amide bonds. The van der Waals surface area contributed by atoms with Crippen LogP contribution in [-0.2, 0) is 9.59 Å². The van der Waals surface area contributed by atoms with Gasteiger partial charge in [-0.1, -0.05) is 0 Å². The van der Waals surface area contributed by atoms with E-state index in [0.717, 1.165) is 13.1 Å². The lowest BCUT2D eigenvalue weighted by Gasteiger charge is -2.38. The van der Waals surface area contributed by atoms with E-state index in [9.17, 15) is 9.59 Å². The maximum Gasteiger partial charge on any atom is 0.312 e. The number of nitrogens with zero attached hydrogens (tertiary/aromatic N) is 2. The Balaban J connectivity index is 2.51. The number of aliphatic carboxylic acids is 1. The third-order valence-electron chi connectivity index (χ3n) is 2.45. The largest absolute Gasteiger partial charge is 0.481 e. The third kappa shape index (κ3) is 2.70. The van der Waals surface area contributed by atoms with Crippen molar-refractivity contribution in [1.82, 2.24) is 9.80 Å². The maximum atomic E-state index is 11.5. The Morgan fingerprint density at radius 1 is 1.43 bits per heavy atom. The minimum Gasteiger partial charge on any atom is -0.481 e. The van der Waals surface area contributed by atoms with Crippen LogP contribution in [0.4, 0.5) is 0 Å². The Bertz CT molecular complexity index is 242. The lowest BCUT2D eigenvalue weighted by molar-refractivity contribution is -0.146. The summed E-state index contributed by atoms with van der Waals surface area (Å²) in [6.07, 6.45) is -0.395. The molecule has 0 spiro atoms. The zero-order valence-corrected chi connectivity index (χ0v) is 8.56. The zero-order valence-electron chi connectivity index (χ0n) is 8.56. The van der Waals surface area contributed by atoms with Gasteiger partial charge in [-0.2, -0.15) is 0 Å². The Hall–Kier alpha value is -1.10. The van der Waals surface area contributed by atoms with Crippen LogP contribution in [0.15, 0.2) is 0 Å². The van der Waals surface area contributed by atoms with Gasteiger partial charge in [0, 0.05) is 25.7 Å². The predicted octanol–water partition coefficient (Wildman–Crippen LogP) is -0.376. The molecule has 1 rings (SSSR count). The van der Waals surface area contributed by atoms with Gasteiger partial charge in [0.1, 0.15) is 6.42 Å². The average molecular weight is 200 g/mol. The fourth-order valence-corrected chi connectivity index (χ4v) is 1.74. The van der Waals surface area contributed by atoms with Gasteiger partial charge < -0.3 is 14.9 Å². The molecule has 0 radical (unpaired) electrons. The number of carboxylic acids is 1. The summed E-state index contributed by atoms with van der Waals surface area (Å²) in [5.41, 5.74) is 0. The van der Waals surface area contributed by atoms with Gasteiger partial charge in [0.25, 0.3) is 0 Å². The molecule has 1 aliphatic rings. The molecule has 0 saturated carbocycles. The van der Waals surface area contributed by atoms with E-state index >= 15 is 0 Å². The van der Waals surface area contributed by atoms with Crippen molar-refractivity contribution in [2.75, 3.05) is 26.7 Å². The van der Waals surface area contributed by atoms with Crippen molar-refractivity contribution in [3.8, 4) is 0 Å². The molecule has 1 heterocycles. The monoisotopic (exact) mass is 200 g/mol. The Labute approximate surface area is 83.3 Å². The van der Waals surface area contributed by atoms with Crippen LogP contribution in [0.5, 0.6) is 0 Å². The molecule has 0 aliphatic carbocycles. The normalized spacial score (nSPS) is 23.6. The second kappa shape index (κ2) is 4.41. The number of amides is 1. The topological polar surface area (TPSA) is 60.9 Å². The van der Waals surface area contributed by atoms with Crippen molar-refractivity contribution < 1.29 is 14.7 Å². The first-order valence-corrected chi connectivity index (χ1v) is 4.70. The quantitative estimate of drug-likeness (QED) is 0.617. The highest BCUT2D eigenvalue weighted by molar-refractivity contribution is 5.93. The number of carboxylic acid groups (broad SMARTS) is 1. The Morgan fingerprint density at radius 3 is 2.57 bits per heavy atom. The molecule has 5 nitrogen and oxygen atoms in total. The van der Waals surface area contributed by atoms with Crippen molar-refractivity contribution in [3.63, 3.8) is 0 Å². The van der Waals surface area contributed by atoms with Crippen LogP contribution in [0, 0.1) is 0 Å². The number of carbonyl (C=O) groups is 2. The molecule has 14 heavy (non-hydrogen) atoms. The van der Waals surface area contributed by atoms with Gasteiger partial charge in [-0.3, -0.25) is 9.59 Å². The first-order valence-electron chi connectivity index (χ1n) is 4.70. The highest BCUT2D eigenvalue weighted by Gasteiger charge is 2.26. The van der Waals surface area contributed by atoms with Gasteiger partial charge in [-0.15, -0.1) is 0 Å². The minimum absolute atomic E-state index is 0.112. The minimum atomic E-state index is -1.05. The Morgan fingerprint density at radius 2 is 2.07 bits per heavy atom. The number of piperazine rings is 1. The van der Waals surface area contributed by atoms with Crippen LogP contribution in [-0.4, -0.2) is 59.5 Å². The van der Waals surface area contributed by atoms with Crippen molar-refractivity contribution in [1.29, 1.82) is 0 Å². The standard InChI is InChI=1S/C9H16N2O3/c1-7-6-10(2)3-4-11(7)8(12)5-9(13)14/h7H,3-6H2,1-2H3,(H,13,14). The summed E-state index contributed by atoms with van der Waals surface area (Å²) >= 11 is 0. The smallest absolute Gasteiger partial charge is 0.312 e. The molecular weight excluding hydrogens is 184 g/mol. The molecule has 0 aromatic heterocycles. The molecular formula is C9H16N2O3. The van der Waals surface area contributed by atoms with Crippen LogP contribution in [0.3, 0.4) is 0 Å². The van der Waals surface area contributed by atoms with Crippen LogP contribution >= 0.6 is 0 Å². The number of hydrogen-bond donors (Lipinski definition) is 1. The maximum absolute atomic E-state index is 11.5. The SMILES string of the molecule is CC1CN(C)CCN1C(=O)CC(=O)O.